The molecule has 1 saturated heterocycles. The molecule has 0 radical (unpaired) electrons. The van der Waals surface area contributed by atoms with Gasteiger partial charge in [0.25, 0.3) is 0 Å². The molecule has 5 nitrogen and oxygen atoms in total. The van der Waals surface area contributed by atoms with Crippen molar-refractivity contribution in [2.45, 2.75) is 45.7 Å². The third-order valence-corrected chi connectivity index (χ3v) is 1.33. The summed E-state index contributed by atoms with van der Waals surface area (Å²) in [4.78, 5) is 20.1. The smallest absolute Gasteiger partial charge is 0.428 e. The number of carbonyl (C=O) groups excluding carboxylic acids is 1. The molecule has 0 atom stereocenters. The maximum absolute atomic E-state index is 11.1. The molecule has 1 heterocycles. The van der Waals surface area contributed by atoms with Crippen LogP contribution in [0.5, 0.6) is 0 Å². The largest absolute Gasteiger partial charge is 0.513 e. The molecule has 0 aromatic rings. The lowest BCUT2D eigenvalue weighted by atomic mass is 10.2. The van der Waals surface area contributed by atoms with Crippen LogP contribution in [0, 0.1) is 0 Å². The summed E-state index contributed by atoms with van der Waals surface area (Å²) in [5.41, 5.74) is -0.569. The second-order valence-corrected chi connectivity index (χ2v) is 3.77. The summed E-state index contributed by atoms with van der Waals surface area (Å²) in [5, 5.41) is 0. The van der Waals surface area contributed by atoms with E-state index < -0.39 is 17.7 Å². The Hall–Kier alpha value is -0.810. The number of hydrogen-bond acceptors (Lipinski definition) is 5. The zero-order valence-electron chi connectivity index (χ0n) is 8.25. The van der Waals surface area contributed by atoms with Crippen LogP contribution in [0.4, 0.5) is 4.79 Å². The lowest BCUT2D eigenvalue weighted by Crippen LogP contribution is -2.28. The number of ether oxygens (including phenoxy) is 2. The molecule has 0 aliphatic carbocycles. The molecule has 0 saturated carbocycles. The van der Waals surface area contributed by atoms with Crippen LogP contribution in [0.15, 0.2) is 0 Å². The van der Waals surface area contributed by atoms with Crippen LogP contribution in [0.2, 0.25) is 0 Å². The van der Waals surface area contributed by atoms with E-state index >= 15 is 0 Å². The van der Waals surface area contributed by atoms with Gasteiger partial charge in [0.1, 0.15) is 5.60 Å². The summed E-state index contributed by atoms with van der Waals surface area (Å²) in [7, 11) is 0. The number of rotatable bonds is 2. The number of carbonyl (C=O) groups is 1. The van der Waals surface area contributed by atoms with Gasteiger partial charge in [0, 0.05) is 6.42 Å². The molecule has 0 amide bonds. The van der Waals surface area contributed by atoms with Gasteiger partial charge in [0.05, 0.1) is 0 Å². The van der Waals surface area contributed by atoms with Crippen molar-refractivity contribution < 1.29 is 24.0 Å². The van der Waals surface area contributed by atoms with Gasteiger partial charge in [-0.3, -0.25) is 0 Å². The van der Waals surface area contributed by atoms with Crippen molar-refractivity contribution in [2.24, 2.45) is 0 Å². The van der Waals surface area contributed by atoms with Crippen LogP contribution in [0.25, 0.3) is 0 Å². The van der Waals surface area contributed by atoms with E-state index in [2.05, 4.69) is 9.78 Å². The second kappa shape index (κ2) is 3.16. The Morgan fingerprint density at radius 3 is 2.23 bits per heavy atom. The molecular weight excluding hydrogens is 176 g/mol. The summed E-state index contributed by atoms with van der Waals surface area (Å²) < 4.78 is 9.66. The van der Waals surface area contributed by atoms with Crippen molar-refractivity contribution in [3.8, 4) is 0 Å². The Morgan fingerprint density at radius 2 is 1.92 bits per heavy atom. The third kappa shape index (κ3) is 3.20. The zero-order chi connectivity index (χ0) is 10.1. The molecule has 1 rings (SSSR count). The van der Waals surface area contributed by atoms with Gasteiger partial charge in [-0.2, -0.15) is 9.78 Å². The van der Waals surface area contributed by atoms with Crippen LogP contribution < -0.4 is 0 Å². The lowest BCUT2D eigenvalue weighted by molar-refractivity contribution is -0.0725. The first-order valence-electron chi connectivity index (χ1n) is 4.16. The average molecular weight is 190 g/mol. The first-order valence-corrected chi connectivity index (χ1v) is 4.16. The highest BCUT2D eigenvalue weighted by Crippen LogP contribution is 2.34. The molecule has 0 aromatic carbocycles. The van der Waals surface area contributed by atoms with E-state index in [1.54, 1.807) is 27.7 Å². The highest BCUT2D eigenvalue weighted by Gasteiger charge is 2.53. The van der Waals surface area contributed by atoms with E-state index in [0.29, 0.717) is 6.42 Å². The molecule has 0 unspecified atom stereocenters. The maximum atomic E-state index is 11.1. The minimum atomic E-state index is -1.19. The van der Waals surface area contributed by atoms with E-state index in [0.717, 1.165) is 0 Å². The molecule has 5 heteroatoms. The van der Waals surface area contributed by atoms with Gasteiger partial charge in [0.15, 0.2) is 0 Å². The van der Waals surface area contributed by atoms with Gasteiger partial charge < -0.3 is 9.47 Å². The van der Waals surface area contributed by atoms with E-state index in [-0.39, 0.29) is 0 Å². The fourth-order valence-electron chi connectivity index (χ4n) is 0.668. The van der Waals surface area contributed by atoms with E-state index in [1.807, 2.05) is 0 Å². The van der Waals surface area contributed by atoms with Gasteiger partial charge in [-0.15, -0.1) is 0 Å². The summed E-state index contributed by atoms with van der Waals surface area (Å²) in [5.74, 6) is -1.19. The van der Waals surface area contributed by atoms with Gasteiger partial charge in [-0.05, 0) is 20.8 Å². The van der Waals surface area contributed by atoms with Crippen molar-refractivity contribution in [1.29, 1.82) is 0 Å². The first-order chi connectivity index (χ1) is 5.87. The number of hydrogen-bond donors (Lipinski definition) is 0. The fraction of sp³-hybridized carbons (Fsp3) is 0.875. The molecular formula is C8H14O5. The Labute approximate surface area is 76.8 Å². The average Bonchev–Trinajstić information content (AvgIpc) is 2.65. The van der Waals surface area contributed by atoms with Crippen LogP contribution in [-0.4, -0.2) is 17.7 Å². The van der Waals surface area contributed by atoms with Crippen molar-refractivity contribution in [3.05, 3.63) is 0 Å². The minimum absolute atomic E-state index is 0.437. The van der Waals surface area contributed by atoms with Crippen molar-refractivity contribution in [3.63, 3.8) is 0 Å². The highest BCUT2D eigenvalue weighted by molar-refractivity contribution is 5.60. The Balaban J connectivity index is 2.34. The predicted octanol–water partition coefficient (Wildman–Crippen LogP) is 1.96. The minimum Gasteiger partial charge on any atom is -0.428 e. The van der Waals surface area contributed by atoms with Crippen molar-refractivity contribution in [2.75, 3.05) is 0 Å². The monoisotopic (exact) mass is 190 g/mol. The molecule has 0 spiro atoms. The topological polar surface area (TPSA) is 60.6 Å². The Morgan fingerprint density at radius 1 is 1.38 bits per heavy atom. The van der Waals surface area contributed by atoms with Gasteiger partial charge in [0.2, 0.25) is 0 Å². The second-order valence-electron chi connectivity index (χ2n) is 3.77. The van der Waals surface area contributed by atoms with Gasteiger partial charge >= 0.3 is 12.1 Å². The molecule has 1 fully saturated rings. The van der Waals surface area contributed by atoms with E-state index in [1.165, 1.54) is 0 Å². The Bertz CT molecular complexity index is 201. The SMILES string of the molecule is CCC1(OC(=O)OC(C)(C)C)OO1. The molecule has 0 bridgehead atoms. The third-order valence-electron chi connectivity index (χ3n) is 1.33. The van der Waals surface area contributed by atoms with Crippen LogP contribution >= 0.6 is 0 Å². The summed E-state index contributed by atoms with van der Waals surface area (Å²) in [6.45, 7) is 7.03. The fourth-order valence-corrected chi connectivity index (χ4v) is 0.668. The van der Waals surface area contributed by atoms with Crippen LogP contribution in [0.3, 0.4) is 0 Å². The molecule has 0 aromatic heterocycles. The van der Waals surface area contributed by atoms with Gasteiger partial charge in [-0.1, -0.05) is 6.92 Å². The molecule has 1 aliphatic rings. The molecule has 1 aliphatic heterocycles. The Kier molecular flexibility index (Phi) is 2.49. The molecule has 0 N–H and O–H groups in total. The zero-order valence-corrected chi connectivity index (χ0v) is 8.25. The predicted molar refractivity (Wildman–Crippen MR) is 42.5 cm³/mol. The van der Waals surface area contributed by atoms with Crippen LogP contribution in [-0.2, 0) is 19.2 Å². The van der Waals surface area contributed by atoms with Crippen molar-refractivity contribution >= 4 is 6.16 Å². The summed E-state index contributed by atoms with van der Waals surface area (Å²) in [6.07, 6.45) is -0.349. The quantitative estimate of drug-likeness (QED) is 0.378. The van der Waals surface area contributed by atoms with E-state index in [4.69, 9.17) is 9.47 Å². The van der Waals surface area contributed by atoms with Crippen LogP contribution in [0.1, 0.15) is 34.1 Å². The summed E-state index contributed by atoms with van der Waals surface area (Å²) in [6, 6.07) is 0. The van der Waals surface area contributed by atoms with E-state index in [9.17, 15) is 4.79 Å². The van der Waals surface area contributed by atoms with Gasteiger partial charge in [-0.25, -0.2) is 4.79 Å². The maximum Gasteiger partial charge on any atom is 0.513 e. The standard InChI is InChI=1S/C8H14O5/c1-5-8(12-13-8)11-6(9)10-7(2,3)4/h5H2,1-4H3. The highest BCUT2D eigenvalue weighted by atomic mass is 17.5. The normalized spacial score (nSPS) is 19.4. The van der Waals surface area contributed by atoms with Crippen molar-refractivity contribution in [1.82, 2.24) is 0 Å². The molecule has 13 heavy (non-hydrogen) atoms. The first kappa shape index (κ1) is 10.3. The summed E-state index contributed by atoms with van der Waals surface area (Å²) >= 11 is 0. The lowest BCUT2D eigenvalue weighted by Gasteiger charge is -2.19. The molecule has 76 valence electrons.